The third-order valence-electron chi connectivity index (χ3n) is 2.80. The Morgan fingerprint density at radius 3 is 2.52 bits per heavy atom. The highest BCUT2D eigenvalue weighted by molar-refractivity contribution is 7.18. The number of amides is 4. The minimum atomic E-state index is -0.847. The van der Waals surface area contributed by atoms with Crippen molar-refractivity contribution in [1.82, 2.24) is 5.32 Å². The van der Waals surface area contributed by atoms with Crippen molar-refractivity contribution in [3.63, 3.8) is 0 Å². The minimum Gasteiger partial charge on any atom is -0.366 e. The number of nitrogens with one attached hydrogen (secondary N) is 2. The summed E-state index contributed by atoms with van der Waals surface area (Å²) in [5.74, 6) is -1.17. The molecule has 0 aliphatic rings. The van der Waals surface area contributed by atoms with Crippen molar-refractivity contribution in [2.75, 3.05) is 5.32 Å². The average Bonchev–Trinajstić information content (AvgIpc) is 2.88. The summed E-state index contributed by atoms with van der Waals surface area (Å²) in [6.07, 6.45) is 0. The van der Waals surface area contributed by atoms with E-state index in [1.807, 2.05) is 6.07 Å². The molecule has 0 radical (unpaired) electrons. The van der Waals surface area contributed by atoms with Crippen LogP contribution >= 0.6 is 22.9 Å². The molecule has 23 heavy (non-hydrogen) atoms. The van der Waals surface area contributed by atoms with E-state index in [0.29, 0.717) is 5.02 Å². The molecule has 2 aromatic rings. The van der Waals surface area contributed by atoms with Crippen molar-refractivity contribution < 1.29 is 14.4 Å². The summed E-state index contributed by atoms with van der Waals surface area (Å²) in [4.78, 5) is 34.6. The number of rotatable bonds is 5. The zero-order valence-electron chi connectivity index (χ0n) is 11.8. The van der Waals surface area contributed by atoms with Crippen LogP contribution in [0.1, 0.15) is 25.6 Å². The highest BCUT2D eigenvalue weighted by Crippen LogP contribution is 2.27. The molecule has 1 aromatic heterocycles. The molecule has 0 spiro atoms. The summed E-state index contributed by atoms with van der Waals surface area (Å²) in [5, 5.41) is 5.67. The van der Waals surface area contributed by atoms with E-state index in [2.05, 4.69) is 10.6 Å². The van der Waals surface area contributed by atoms with E-state index < -0.39 is 17.8 Å². The first kappa shape index (κ1) is 16.8. The fourth-order valence-electron chi connectivity index (χ4n) is 1.81. The number of carbonyl (C=O) groups is 3. The lowest BCUT2D eigenvalue weighted by Gasteiger charge is -2.04. The van der Waals surface area contributed by atoms with E-state index in [0.717, 1.165) is 16.9 Å². The smallest absolute Gasteiger partial charge is 0.317 e. The number of primary amides is 2. The molecular weight excluding hydrogens is 340 g/mol. The van der Waals surface area contributed by atoms with E-state index in [9.17, 15) is 14.4 Å². The van der Waals surface area contributed by atoms with E-state index in [-0.39, 0.29) is 22.0 Å². The lowest BCUT2D eigenvalue weighted by Crippen LogP contribution is -2.21. The molecule has 4 amide bonds. The van der Waals surface area contributed by atoms with Crippen LogP contribution in [-0.2, 0) is 6.54 Å². The van der Waals surface area contributed by atoms with Crippen molar-refractivity contribution in [3.05, 3.63) is 51.4 Å². The molecule has 7 nitrogen and oxygen atoms in total. The third kappa shape index (κ3) is 4.44. The Morgan fingerprint density at radius 1 is 1.17 bits per heavy atom. The van der Waals surface area contributed by atoms with Gasteiger partial charge in [-0.25, -0.2) is 4.79 Å². The van der Waals surface area contributed by atoms with Gasteiger partial charge < -0.3 is 16.8 Å². The SMILES string of the molecule is NC(=O)Nc1sc(C(=O)NCc2cccc(Cl)c2)cc1C(N)=O. The highest BCUT2D eigenvalue weighted by Gasteiger charge is 2.18. The number of thiophene rings is 1. The van der Waals surface area contributed by atoms with Crippen LogP contribution in [0.4, 0.5) is 9.80 Å². The van der Waals surface area contributed by atoms with Crippen molar-refractivity contribution >= 4 is 45.8 Å². The average molecular weight is 353 g/mol. The van der Waals surface area contributed by atoms with Gasteiger partial charge in [-0.05, 0) is 23.8 Å². The number of halogens is 1. The molecule has 0 atom stereocenters. The van der Waals surface area contributed by atoms with Gasteiger partial charge in [0.05, 0.1) is 10.4 Å². The van der Waals surface area contributed by atoms with Crippen LogP contribution in [0, 0.1) is 0 Å². The molecule has 1 aromatic carbocycles. The standard InChI is InChI=1S/C14H13ClN4O3S/c15-8-3-1-2-7(4-8)6-18-12(21)10-5-9(11(16)20)13(23-10)19-14(17)22/h1-5H,6H2,(H2,16,20)(H,18,21)(H3,17,19,22). The molecule has 0 bridgehead atoms. The van der Waals surface area contributed by atoms with Gasteiger partial charge in [0.25, 0.3) is 11.8 Å². The van der Waals surface area contributed by atoms with Crippen LogP contribution in [0.25, 0.3) is 0 Å². The summed E-state index contributed by atoms with van der Waals surface area (Å²) in [6.45, 7) is 0.266. The van der Waals surface area contributed by atoms with Crippen LogP contribution < -0.4 is 22.1 Å². The second-order valence-corrected chi connectivity index (χ2v) is 6.01. The zero-order chi connectivity index (χ0) is 17.0. The second-order valence-electron chi connectivity index (χ2n) is 4.52. The van der Waals surface area contributed by atoms with Crippen LogP contribution in [0.5, 0.6) is 0 Å². The molecule has 120 valence electrons. The van der Waals surface area contributed by atoms with Crippen LogP contribution in [-0.4, -0.2) is 17.8 Å². The maximum atomic E-state index is 12.1. The number of carbonyl (C=O) groups excluding carboxylic acids is 3. The van der Waals surface area contributed by atoms with Gasteiger partial charge in [-0.1, -0.05) is 23.7 Å². The number of benzene rings is 1. The van der Waals surface area contributed by atoms with E-state index >= 15 is 0 Å². The van der Waals surface area contributed by atoms with Gasteiger partial charge in [0, 0.05) is 11.6 Å². The zero-order valence-corrected chi connectivity index (χ0v) is 13.3. The van der Waals surface area contributed by atoms with Crippen molar-refractivity contribution in [1.29, 1.82) is 0 Å². The lowest BCUT2D eigenvalue weighted by atomic mass is 10.2. The maximum absolute atomic E-state index is 12.1. The number of urea groups is 1. The molecule has 0 aliphatic heterocycles. The molecular formula is C14H13ClN4O3S. The Balaban J connectivity index is 2.12. The van der Waals surface area contributed by atoms with E-state index in [1.54, 1.807) is 18.2 Å². The Hall–Kier alpha value is -2.58. The molecule has 0 unspecified atom stereocenters. The quantitative estimate of drug-likeness (QED) is 0.656. The van der Waals surface area contributed by atoms with E-state index in [1.165, 1.54) is 6.07 Å². The maximum Gasteiger partial charge on any atom is 0.317 e. The van der Waals surface area contributed by atoms with Gasteiger partial charge in [-0.15, -0.1) is 11.3 Å². The van der Waals surface area contributed by atoms with Gasteiger partial charge in [0.2, 0.25) is 0 Å². The number of anilines is 1. The van der Waals surface area contributed by atoms with Crippen molar-refractivity contribution in [2.24, 2.45) is 11.5 Å². The van der Waals surface area contributed by atoms with Gasteiger partial charge in [0.1, 0.15) is 5.00 Å². The van der Waals surface area contributed by atoms with Crippen LogP contribution in [0.3, 0.4) is 0 Å². The summed E-state index contributed by atoms with van der Waals surface area (Å²) in [6, 6.07) is 7.51. The molecule has 0 saturated carbocycles. The molecule has 0 aliphatic carbocycles. The molecule has 0 saturated heterocycles. The predicted molar refractivity (Wildman–Crippen MR) is 88.7 cm³/mol. The van der Waals surface area contributed by atoms with Gasteiger partial charge in [-0.2, -0.15) is 0 Å². The summed E-state index contributed by atoms with van der Waals surface area (Å²) < 4.78 is 0. The molecule has 2 rings (SSSR count). The van der Waals surface area contributed by atoms with Gasteiger partial charge in [0.15, 0.2) is 0 Å². The highest BCUT2D eigenvalue weighted by atomic mass is 35.5. The summed E-state index contributed by atoms with van der Waals surface area (Å²) in [7, 11) is 0. The molecule has 1 heterocycles. The Kier molecular flexibility index (Phi) is 5.20. The second kappa shape index (κ2) is 7.12. The first-order chi connectivity index (χ1) is 10.9. The third-order valence-corrected chi connectivity index (χ3v) is 4.08. The molecule has 6 N–H and O–H groups in total. The number of hydrogen-bond acceptors (Lipinski definition) is 4. The fraction of sp³-hybridized carbons (Fsp3) is 0.0714. The normalized spacial score (nSPS) is 10.1. The summed E-state index contributed by atoms with van der Waals surface area (Å²) in [5.41, 5.74) is 11.1. The first-order valence-corrected chi connectivity index (χ1v) is 7.59. The van der Waals surface area contributed by atoms with Gasteiger partial charge >= 0.3 is 6.03 Å². The Bertz CT molecular complexity index is 775. The first-order valence-electron chi connectivity index (χ1n) is 6.39. The van der Waals surface area contributed by atoms with Crippen LogP contribution in [0.2, 0.25) is 5.02 Å². The largest absolute Gasteiger partial charge is 0.366 e. The summed E-state index contributed by atoms with van der Waals surface area (Å²) >= 11 is 6.78. The monoisotopic (exact) mass is 352 g/mol. The van der Waals surface area contributed by atoms with Gasteiger partial charge in [-0.3, -0.25) is 14.9 Å². The topological polar surface area (TPSA) is 127 Å². The molecule has 0 fully saturated rings. The Labute approximate surface area is 140 Å². The predicted octanol–water partition coefficient (Wildman–Crippen LogP) is 1.92. The molecule has 9 heteroatoms. The Morgan fingerprint density at radius 2 is 1.91 bits per heavy atom. The van der Waals surface area contributed by atoms with Crippen LogP contribution in [0.15, 0.2) is 30.3 Å². The fourth-order valence-corrected chi connectivity index (χ4v) is 3.00. The minimum absolute atomic E-state index is 0.0294. The van der Waals surface area contributed by atoms with E-state index in [4.69, 9.17) is 23.1 Å². The number of hydrogen-bond donors (Lipinski definition) is 4. The van der Waals surface area contributed by atoms with Crippen molar-refractivity contribution in [3.8, 4) is 0 Å². The number of nitrogens with two attached hydrogens (primary N) is 2. The van der Waals surface area contributed by atoms with Crippen molar-refractivity contribution in [2.45, 2.75) is 6.54 Å². The lowest BCUT2D eigenvalue weighted by molar-refractivity contribution is 0.0955.